The smallest absolute Gasteiger partial charge is 0.414 e. The molecule has 6 rings (SSSR count). The van der Waals surface area contributed by atoms with Crippen LogP contribution in [0.2, 0.25) is 0 Å². The summed E-state index contributed by atoms with van der Waals surface area (Å²) in [6.07, 6.45) is -0.609. The number of hydrogen-bond donors (Lipinski definition) is 2. The Hall–Kier alpha value is -3.61. The van der Waals surface area contributed by atoms with Gasteiger partial charge in [0.05, 0.1) is 36.0 Å². The second-order valence-corrected chi connectivity index (χ2v) is 10.2. The molecule has 2 aromatic carbocycles. The van der Waals surface area contributed by atoms with Crippen molar-refractivity contribution in [2.45, 2.75) is 23.2 Å². The Labute approximate surface area is 216 Å². The molecule has 2 fully saturated rings. The Bertz CT molecular complexity index is 1370. The monoisotopic (exact) mass is 523 g/mol. The summed E-state index contributed by atoms with van der Waals surface area (Å²) in [5.41, 5.74) is 2.09. The Morgan fingerprint density at radius 1 is 1.16 bits per heavy atom. The number of aliphatic hydroxyl groups excluding tert-OH is 1. The zero-order valence-corrected chi connectivity index (χ0v) is 20.8. The molecule has 1 aromatic heterocycles. The molecular formula is C25H25N5O6S. The van der Waals surface area contributed by atoms with Crippen LogP contribution >= 0.6 is 11.8 Å². The first-order valence-corrected chi connectivity index (χ1v) is 12.9. The molecule has 3 aromatic rings. The molecule has 3 aliphatic heterocycles. The third-order valence-electron chi connectivity index (χ3n) is 6.63. The summed E-state index contributed by atoms with van der Waals surface area (Å²) < 4.78 is 17.0. The van der Waals surface area contributed by atoms with Gasteiger partial charge in [0.15, 0.2) is 0 Å². The van der Waals surface area contributed by atoms with Gasteiger partial charge < -0.3 is 24.6 Å². The third-order valence-corrected chi connectivity index (χ3v) is 7.70. The van der Waals surface area contributed by atoms with E-state index in [4.69, 9.17) is 14.2 Å². The van der Waals surface area contributed by atoms with E-state index in [1.165, 1.54) is 18.1 Å². The number of aliphatic hydroxyl groups is 1. The number of nitrogens with one attached hydrogen (secondary N) is 1. The number of nitrogens with zero attached hydrogens (tertiary/aromatic N) is 4. The van der Waals surface area contributed by atoms with Crippen molar-refractivity contribution in [3.05, 3.63) is 42.7 Å². The SMILES string of the molecule is COc1ccc2ncnc(O[C@H]3CN(C[C@@H]4CN(c5ccc6c(c5)NC(=O)CS6)C(=O)O4)C[C@H]3O)c2c1. The number of aromatic nitrogens is 2. The summed E-state index contributed by atoms with van der Waals surface area (Å²) in [6.45, 7) is 1.65. The molecule has 3 aliphatic rings. The minimum absolute atomic E-state index is 0.0602. The molecular weight excluding hydrogens is 498 g/mol. The fraction of sp³-hybridized carbons (Fsp3) is 0.360. The summed E-state index contributed by atoms with van der Waals surface area (Å²) in [5, 5.41) is 14.2. The molecule has 0 radical (unpaired) electrons. The minimum Gasteiger partial charge on any atom is -0.497 e. The number of benzene rings is 2. The van der Waals surface area contributed by atoms with Crippen LogP contribution in [0.3, 0.4) is 0 Å². The predicted molar refractivity (Wildman–Crippen MR) is 136 cm³/mol. The lowest BCUT2D eigenvalue weighted by molar-refractivity contribution is -0.113. The van der Waals surface area contributed by atoms with Crippen LogP contribution in [0.5, 0.6) is 11.6 Å². The lowest BCUT2D eigenvalue weighted by atomic mass is 10.2. The topological polar surface area (TPSA) is 126 Å². The van der Waals surface area contributed by atoms with E-state index in [1.807, 2.05) is 29.2 Å². The average Bonchev–Trinajstić information content (AvgIpc) is 3.44. The number of cyclic esters (lactones) is 1. The molecule has 2 N–H and O–H groups in total. The molecule has 2 saturated heterocycles. The van der Waals surface area contributed by atoms with Gasteiger partial charge in [-0.05, 0) is 36.4 Å². The van der Waals surface area contributed by atoms with Crippen molar-refractivity contribution in [3.63, 3.8) is 0 Å². The molecule has 0 aliphatic carbocycles. The van der Waals surface area contributed by atoms with Gasteiger partial charge >= 0.3 is 6.09 Å². The Morgan fingerprint density at radius 2 is 2.05 bits per heavy atom. The summed E-state index contributed by atoms with van der Waals surface area (Å²) >= 11 is 1.47. The van der Waals surface area contributed by atoms with Crippen molar-refractivity contribution in [2.75, 3.05) is 49.3 Å². The number of methoxy groups -OCH3 is 1. The lowest BCUT2D eigenvalue weighted by Crippen LogP contribution is -2.34. The Morgan fingerprint density at radius 3 is 2.92 bits per heavy atom. The summed E-state index contributed by atoms with van der Waals surface area (Å²) in [4.78, 5) is 37.5. The number of carbonyl (C=O) groups is 2. The standard InChI is InChI=1S/C25H25N5O6S/c1-34-15-3-4-18-17(7-15)24(27-13-26-18)36-21-11-29(10-20(21)31)8-16-9-30(25(33)35-16)14-2-5-22-19(6-14)28-23(32)12-37-22/h2-7,13,16,20-21,31H,8-12H2,1H3,(H,28,32)/t16-,20-,21+/m1/s1. The van der Waals surface area contributed by atoms with Crippen molar-refractivity contribution in [3.8, 4) is 11.6 Å². The van der Waals surface area contributed by atoms with Crippen LogP contribution in [0.15, 0.2) is 47.6 Å². The fourth-order valence-electron chi connectivity index (χ4n) is 4.83. The molecule has 2 amide bonds. The molecule has 4 heterocycles. The highest BCUT2D eigenvalue weighted by Gasteiger charge is 2.39. The average molecular weight is 524 g/mol. The summed E-state index contributed by atoms with van der Waals surface area (Å²) in [6, 6.07) is 11.0. The predicted octanol–water partition coefficient (Wildman–Crippen LogP) is 2.13. The van der Waals surface area contributed by atoms with Crippen molar-refractivity contribution in [2.24, 2.45) is 0 Å². The van der Waals surface area contributed by atoms with Crippen molar-refractivity contribution in [1.82, 2.24) is 14.9 Å². The van der Waals surface area contributed by atoms with Crippen LogP contribution in [0.4, 0.5) is 16.2 Å². The first-order valence-electron chi connectivity index (χ1n) is 11.9. The molecule has 0 saturated carbocycles. The third kappa shape index (κ3) is 4.75. The van der Waals surface area contributed by atoms with Gasteiger partial charge in [0, 0.05) is 30.2 Å². The largest absolute Gasteiger partial charge is 0.497 e. The molecule has 192 valence electrons. The van der Waals surface area contributed by atoms with Gasteiger partial charge in [0.1, 0.15) is 30.4 Å². The number of rotatable bonds is 6. The lowest BCUT2D eigenvalue weighted by Gasteiger charge is -2.20. The van der Waals surface area contributed by atoms with Gasteiger partial charge in [-0.3, -0.25) is 14.6 Å². The first-order chi connectivity index (χ1) is 18.0. The van der Waals surface area contributed by atoms with Crippen molar-refractivity contribution in [1.29, 1.82) is 0 Å². The molecule has 0 spiro atoms. The first kappa shape index (κ1) is 23.8. The van der Waals surface area contributed by atoms with Crippen LogP contribution in [0.1, 0.15) is 0 Å². The van der Waals surface area contributed by atoms with E-state index < -0.39 is 18.3 Å². The van der Waals surface area contributed by atoms with Gasteiger partial charge in [-0.25, -0.2) is 14.8 Å². The zero-order chi connectivity index (χ0) is 25.5. The number of ether oxygens (including phenoxy) is 3. The number of anilines is 2. The van der Waals surface area contributed by atoms with E-state index in [2.05, 4.69) is 15.3 Å². The summed E-state index contributed by atoms with van der Waals surface area (Å²) in [5.74, 6) is 1.36. The highest BCUT2D eigenvalue weighted by molar-refractivity contribution is 8.00. The second kappa shape index (κ2) is 9.69. The number of thioether (sulfide) groups is 1. The molecule has 37 heavy (non-hydrogen) atoms. The number of likely N-dealkylation sites (tertiary alicyclic amines) is 1. The van der Waals surface area contributed by atoms with E-state index in [0.29, 0.717) is 65.8 Å². The number of carbonyl (C=O) groups excluding carboxylic acids is 2. The van der Waals surface area contributed by atoms with Gasteiger partial charge in [0.25, 0.3) is 0 Å². The van der Waals surface area contributed by atoms with Crippen molar-refractivity contribution < 1.29 is 28.9 Å². The van der Waals surface area contributed by atoms with Gasteiger partial charge in [0.2, 0.25) is 11.8 Å². The number of hydrogen-bond acceptors (Lipinski definition) is 10. The van der Waals surface area contributed by atoms with Crippen LogP contribution in [0.25, 0.3) is 10.9 Å². The maximum atomic E-state index is 12.6. The fourth-order valence-corrected chi connectivity index (χ4v) is 5.62. The Kier molecular flexibility index (Phi) is 6.22. The van der Waals surface area contributed by atoms with E-state index in [9.17, 15) is 14.7 Å². The van der Waals surface area contributed by atoms with E-state index in [-0.39, 0.29) is 12.0 Å². The maximum Gasteiger partial charge on any atom is 0.414 e. The number of β-amino-alcohol motifs (C(OH)–C–C–N with tert-alkyl or cyclic N) is 1. The second-order valence-electron chi connectivity index (χ2n) is 9.14. The highest BCUT2D eigenvalue weighted by Crippen LogP contribution is 2.36. The van der Waals surface area contributed by atoms with E-state index in [1.54, 1.807) is 24.1 Å². The molecule has 0 unspecified atom stereocenters. The number of amides is 2. The molecule has 11 nitrogen and oxygen atoms in total. The highest BCUT2D eigenvalue weighted by atomic mass is 32.2. The van der Waals surface area contributed by atoms with E-state index in [0.717, 1.165) is 4.90 Å². The molecule has 3 atom stereocenters. The molecule has 0 bridgehead atoms. The maximum absolute atomic E-state index is 12.6. The van der Waals surface area contributed by atoms with Gasteiger partial charge in [-0.2, -0.15) is 0 Å². The quantitative estimate of drug-likeness (QED) is 0.496. The molecule has 12 heteroatoms. The normalized spacial score (nSPS) is 23.6. The Balaban J connectivity index is 1.10. The zero-order valence-electron chi connectivity index (χ0n) is 20.0. The van der Waals surface area contributed by atoms with E-state index >= 15 is 0 Å². The summed E-state index contributed by atoms with van der Waals surface area (Å²) in [7, 11) is 1.59. The van der Waals surface area contributed by atoms with Gasteiger partial charge in [-0.1, -0.05) is 0 Å². The van der Waals surface area contributed by atoms with Crippen LogP contribution in [0, 0.1) is 0 Å². The van der Waals surface area contributed by atoms with Crippen LogP contribution in [-0.2, 0) is 9.53 Å². The van der Waals surface area contributed by atoms with Crippen LogP contribution in [-0.4, -0.2) is 89.3 Å². The van der Waals surface area contributed by atoms with Crippen LogP contribution < -0.4 is 19.7 Å². The van der Waals surface area contributed by atoms with Crippen molar-refractivity contribution >= 4 is 46.0 Å². The van der Waals surface area contributed by atoms with Gasteiger partial charge in [-0.15, -0.1) is 11.8 Å². The minimum atomic E-state index is -0.731. The number of fused-ring (bicyclic) bond motifs is 2.